The van der Waals surface area contributed by atoms with E-state index in [0.717, 1.165) is 23.1 Å². The zero-order chi connectivity index (χ0) is 26.2. The minimum atomic E-state index is -0.533. The summed E-state index contributed by atoms with van der Waals surface area (Å²) < 4.78 is 17.5. The lowest BCUT2D eigenvalue weighted by Gasteiger charge is -2.16. The molecule has 2 aromatic carbocycles. The molecule has 0 unspecified atom stereocenters. The summed E-state index contributed by atoms with van der Waals surface area (Å²) in [5, 5.41) is 11.1. The maximum Gasteiger partial charge on any atom is 0.348 e. The predicted octanol–water partition coefficient (Wildman–Crippen LogP) is 5.71. The van der Waals surface area contributed by atoms with Crippen LogP contribution in [0.4, 0.5) is 0 Å². The Kier molecular flexibility index (Phi) is 9.47. The van der Waals surface area contributed by atoms with Crippen molar-refractivity contribution in [2.75, 3.05) is 20.3 Å². The molecule has 7 nitrogen and oxygen atoms in total. The molecule has 192 valence electrons. The molecule has 0 radical (unpaired) electrons. The molecule has 0 aliphatic heterocycles. The van der Waals surface area contributed by atoms with E-state index in [1.54, 1.807) is 24.3 Å². The summed E-state index contributed by atoms with van der Waals surface area (Å²) in [4.78, 5) is 36.6. The number of carbonyl (C=O) groups excluding carboxylic acids is 2. The molecule has 0 fully saturated rings. The number of phenolic OH excluding ortho intramolecular Hbond substituents is 1. The highest BCUT2D eigenvalue weighted by Crippen LogP contribution is 2.34. The Morgan fingerprint density at radius 1 is 0.944 bits per heavy atom. The van der Waals surface area contributed by atoms with Crippen molar-refractivity contribution in [1.82, 2.24) is 0 Å². The van der Waals surface area contributed by atoms with Gasteiger partial charge in [0.15, 0.2) is 11.2 Å². The zero-order valence-corrected chi connectivity index (χ0v) is 22.0. The van der Waals surface area contributed by atoms with Crippen LogP contribution in [0.5, 0.6) is 17.2 Å². The third kappa shape index (κ3) is 6.05. The average molecular weight is 513 g/mol. The Bertz CT molecular complexity index is 1310. The number of phenols is 1. The van der Waals surface area contributed by atoms with Gasteiger partial charge in [0.1, 0.15) is 22.1 Å². The van der Waals surface area contributed by atoms with Gasteiger partial charge >= 0.3 is 5.97 Å². The van der Waals surface area contributed by atoms with Gasteiger partial charge < -0.3 is 19.3 Å². The molecule has 0 saturated carbocycles. The molecule has 0 saturated heterocycles. The van der Waals surface area contributed by atoms with Gasteiger partial charge in [-0.05, 0) is 44.0 Å². The second-order valence-corrected chi connectivity index (χ2v) is 9.48. The molecular weight excluding hydrogens is 480 g/mol. The fourth-order valence-electron chi connectivity index (χ4n) is 4.03. The molecule has 3 aromatic rings. The summed E-state index contributed by atoms with van der Waals surface area (Å²) in [6.45, 7) is 6.22. The van der Waals surface area contributed by atoms with Crippen LogP contribution < -0.4 is 14.9 Å². The van der Waals surface area contributed by atoms with Crippen LogP contribution in [0, 0.1) is 0 Å². The summed E-state index contributed by atoms with van der Waals surface area (Å²) in [5.41, 5.74) is 1.62. The van der Waals surface area contributed by atoms with E-state index in [9.17, 15) is 19.5 Å². The number of ketones is 1. The van der Waals surface area contributed by atoms with Crippen LogP contribution in [-0.4, -0.2) is 37.2 Å². The molecule has 1 N–H and O–H groups in total. The summed E-state index contributed by atoms with van der Waals surface area (Å²) in [6.07, 6.45) is 3.55. The first kappa shape index (κ1) is 27.2. The largest absolute Gasteiger partial charge is 0.507 e. The number of rotatable bonds is 12. The van der Waals surface area contributed by atoms with Crippen molar-refractivity contribution in [3.05, 3.63) is 62.1 Å². The number of Topliss-reactive ketones (excluding diaryl/α,β-unsaturated/α-hetero) is 1. The van der Waals surface area contributed by atoms with Crippen LogP contribution in [0.1, 0.15) is 71.2 Å². The monoisotopic (exact) mass is 512 g/mol. The van der Waals surface area contributed by atoms with Crippen molar-refractivity contribution >= 4 is 33.2 Å². The highest BCUT2D eigenvalue weighted by atomic mass is 32.1. The summed E-state index contributed by atoms with van der Waals surface area (Å²) in [6, 6.07) is 8.17. The maximum absolute atomic E-state index is 12.6. The number of methoxy groups -OCH3 is 1. The van der Waals surface area contributed by atoms with E-state index in [0.29, 0.717) is 60.5 Å². The van der Waals surface area contributed by atoms with Gasteiger partial charge in [-0.1, -0.05) is 26.7 Å². The first-order chi connectivity index (χ1) is 17.3. The number of hydrogen-bond donors (Lipinski definition) is 1. The van der Waals surface area contributed by atoms with Crippen LogP contribution in [0.2, 0.25) is 0 Å². The molecule has 1 heterocycles. The number of ether oxygens (including phenoxy) is 3. The van der Waals surface area contributed by atoms with E-state index >= 15 is 0 Å². The number of fused-ring (bicyclic) bond motifs is 1. The Morgan fingerprint density at radius 3 is 2.17 bits per heavy atom. The Morgan fingerprint density at radius 2 is 1.56 bits per heavy atom. The fourth-order valence-corrected chi connectivity index (χ4v) is 5.19. The predicted molar refractivity (Wildman–Crippen MR) is 141 cm³/mol. The molecule has 0 atom stereocenters. The quantitative estimate of drug-likeness (QED) is 0.189. The standard InChI is InChI=1S/C28H32O7S/c1-5-8-20-23(12-10-18(17(3)29)26(20)31)34-14-7-15-35-24-13-11-19-22(30)16-25(28(32)33-4)36-27(19)21(24)9-6-2/h10-13,16,31H,5-9,14-15H2,1-4H3. The summed E-state index contributed by atoms with van der Waals surface area (Å²) >= 11 is 1.24. The summed E-state index contributed by atoms with van der Waals surface area (Å²) in [5.74, 6) is 0.513. The molecule has 0 bridgehead atoms. The van der Waals surface area contributed by atoms with Gasteiger partial charge in [0.05, 0.1) is 25.9 Å². The van der Waals surface area contributed by atoms with Crippen molar-refractivity contribution in [3.63, 3.8) is 0 Å². The molecular formula is C28H32O7S. The van der Waals surface area contributed by atoms with Crippen LogP contribution in [-0.2, 0) is 17.6 Å². The number of benzene rings is 2. The molecule has 8 heteroatoms. The van der Waals surface area contributed by atoms with E-state index in [-0.39, 0.29) is 21.8 Å². The molecule has 0 amide bonds. The van der Waals surface area contributed by atoms with Gasteiger partial charge in [-0.3, -0.25) is 9.59 Å². The van der Waals surface area contributed by atoms with Gasteiger partial charge in [0.25, 0.3) is 0 Å². The molecule has 3 rings (SSSR count). The minimum Gasteiger partial charge on any atom is -0.507 e. The zero-order valence-electron chi connectivity index (χ0n) is 21.1. The number of aromatic hydroxyl groups is 1. The van der Waals surface area contributed by atoms with Gasteiger partial charge in [0, 0.05) is 33.7 Å². The van der Waals surface area contributed by atoms with E-state index in [4.69, 9.17) is 14.2 Å². The number of aryl methyl sites for hydroxylation is 1. The number of esters is 1. The third-order valence-corrected chi connectivity index (χ3v) is 6.94. The van der Waals surface area contributed by atoms with Crippen molar-refractivity contribution in [2.45, 2.75) is 52.9 Å². The average Bonchev–Trinajstić information content (AvgIpc) is 2.86. The van der Waals surface area contributed by atoms with Crippen molar-refractivity contribution in [3.8, 4) is 17.2 Å². The Labute approximate surface area is 214 Å². The molecule has 36 heavy (non-hydrogen) atoms. The van der Waals surface area contributed by atoms with Gasteiger partial charge in [-0.2, -0.15) is 0 Å². The summed E-state index contributed by atoms with van der Waals surface area (Å²) in [7, 11) is 1.29. The van der Waals surface area contributed by atoms with E-state index in [2.05, 4.69) is 0 Å². The SMILES string of the molecule is CCCc1c(OCCCOc2ccc3c(=O)cc(C(=O)OC)sc3c2CCC)ccc(C(C)=O)c1O. The Hall–Kier alpha value is -3.39. The fraction of sp³-hybridized carbons (Fsp3) is 0.393. The van der Waals surface area contributed by atoms with Crippen LogP contribution in [0.15, 0.2) is 35.1 Å². The maximum atomic E-state index is 12.6. The first-order valence-electron chi connectivity index (χ1n) is 12.1. The molecule has 0 spiro atoms. The van der Waals surface area contributed by atoms with E-state index in [1.807, 2.05) is 13.8 Å². The highest BCUT2D eigenvalue weighted by molar-refractivity contribution is 7.20. The highest BCUT2D eigenvalue weighted by Gasteiger charge is 2.17. The van der Waals surface area contributed by atoms with Gasteiger partial charge in [-0.15, -0.1) is 11.3 Å². The van der Waals surface area contributed by atoms with Crippen LogP contribution in [0.25, 0.3) is 10.1 Å². The lowest BCUT2D eigenvalue weighted by molar-refractivity contribution is 0.0606. The molecule has 0 aliphatic rings. The second kappa shape index (κ2) is 12.5. The topological polar surface area (TPSA) is 99.1 Å². The van der Waals surface area contributed by atoms with E-state index in [1.165, 1.54) is 31.4 Å². The minimum absolute atomic E-state index is 0.0104. The molecule has 0 aliphatic carbocycles. The third-order valence-electron chi connectivity index (χ3n) is 5.77. The lowest BCUT2D eigenvalue weighted by atomic mass is 10.0. The van der Waals surface area contributed by atoms with Crippen LogP contribution >= 0.6 is 11.3 Å². The van der Waals surface area contributed by atoms with Gasteiger partial charge in [0.2, 0.25) is 0 Å². The van der Waals surface area contributed by atoms with Gasteiger partial charge in [-0.25, -0.2) is 4.79 Å². The lowest BCUT2D eigenvalue weighted by Crippen LogP contribution is -2.10. The van der Waals surface area contributed by atoms with Crippen molar-refractivity contribution < 1.29 is 28.9 Å². The van der Waals surface area contributed by atoms with E-state index < -0.39 is 5.97 Å². The number of hydrogen-bond acceptors (Lipinski definition) is 8. The van der Waals surface area contributed by atoms with Crippen LogP contribution in [0.3, 0.4) is 0 Å². The number of carbonyl (C=O) groups is 2. The smallest absolute Gasteiger partial charge is 0.348 e. The second-order valence-electron chi connectivity index (χ2n) is 8.43. The Balaban J connectivity index is 1.74. The molecule has 1 aromatic heterocycles. The first-order valence-corrected chi connectivity index (χ1v) is 12.9. The van der Waals surface area contributed by atoms with Crippen molar-refractivity contribution in [2.24, 2.45) is 0 Å². The van der Waals surface area contributed by atoms with Crippen molar-refractivity contribution in [1.29, 1.82) is 0 Å². The normalized spacial score (nSPS) is 10.9.